The lowest BCUT2D eigenvalue weighted by Gasteiger charge is -2.02. The number of carbonyl (C=O) groups is 1. The highest BCUT2D eigenvalue weighted by molar-refractivity contribution is 5.96. The summed E-state index contributed by atoms with van der Waals surface area (Å²) in [5.74, 6) is -1.30. The topological polar surface area (TPSA) is 82.6 Å². The third-order valence-electron chi connectivity index (χ3n) is 3.32. The Hall–Kier alpha value is -3.22. The Balaban J connectivity index is 1.93. The Labute approximate surface area is 129 Å². The third kappa shape index (κ3) is 2.76. The Bertz CT molecular complexity index is 931. The van der Waals surface area contributed by atoms with Crippen LogP contribution in [0.4, 0.5) is 10.1 Å². The molecule has 2 aromatic carbocycles. The van der Waals surface area contributed by atoms with Crippen LogP contribution in [0.1, 0.15) is 16.1 Å². The molecule has 0 atom stereocenters. The average Bonchev–Trinajstić information content (AvgIpc) is 2.84. The Morgan fingerprint density at radius 2 is 2.04 bits per heavy atom. The number of nitrogens with zero attached hydrogens (tertiary/aromatic N) is 1. The van der Waals surface area contributed by atoms with Crippen LogP contribution in [0.3, 0.4) is 0 Å². The van der Waals surface area contributed by atoms with Crippen LogP contribution in [-0.4, -0.2) is 10.9 Å². The fourth-order valence-corrected chi connectivity index (χ4v) is 2.20. The van der Waals surface area contributed by atoms with Crippen molar-refractivity contribution in [2.45, 2.75) is 6.92 Å². The molecule has 3 rings (SSSR count). The van der Waals surface area contributed by atoms with Crippen molar-refractivity contribution in [2.75, 3.05) is 0 Å². The van der Waals surface area contributed by atoms with Gasteiger partial charge < -0.3 is 9.15 Å². The molecule has 0 fully saturated rings. The lowest BCUT2D eigenvalue weighted by Crippen LogP contribution is -2.08. The van der Waals surface area contributed by atoms with Crippen molar-refractivity contribution in [2.24, 2.45) is 0 Å². The molecule has 1 aromatic heterocycles. The van der Waals surface area contributed by atoms with Crippen LogP contribution in [0.25, 0.3) is 11.0 Å². The highest BCUT2D eigenvalue weighted by Crippen LogP contribution is 2.27. The number of hydrogen-bond donors (Lipinski definition) is 0. The minimum Gasteiger partial charge on any atom is -0.449 e. The number of benzene rings is 2. The Morgan fingerprint density at radius 3 is 2.78 bits per heavy atom. The number of nitro benzene ring substituents is 1. The van der Waals surface area contributed by atoms with Gasteiger partial charge in [-0.05, 0) is 31.2 Å². The van der Waals surface area contributed by atoms with E-state index in [1.54, 1.807) is 6.92 Å². The molecular weight excluding hydrogens is 305 g/mol. The number of ether oxygens (including phenoxy) is 1. The molecule has 1 heterocycles. The minimum atomic E-state index is -0.806. The van der Waals surface area contributed by atoms with Gasteiger partial charge in [-0.3, -0.25) is 10.1 Å². The van der Waals surface area contributed by atoms with E-state index < -0.39 is 16.7 Å². The van der Waals surface area contributed by atoms with Crippen LogP contribution in [0.15, 0.2) is 46.9 Å². The van der Waals surface area contributed by atoms with Crippen molar-refractivity contribution in [3.63, 3.8) is 0 Å². The summed E-state index contributed by atoms with van der Waals surface area (Å²) in [6.07, 6.45) is 0. The highest BCUT2D eigenvalue weighted by Gasteiger charge is 2.20. The summed E-state index contributed by atoms with van der Waals surface area (Å²) in [7, 11) is 0. The van der Waals surface area contributed by atoms with Crippen LogP contribution >= 0.6 is 0 Å². The molecule has 0 bridgehead atoms. The minimum absolute atomic E-state index is 0.0234. The lowest BCUT2D eigenvalue weighted by atomic mass is 10.1. The van der Waals surface area contributed by atoms with E-state index in [9.17, 15) is 19.3 Å². The Morgan fingerprint density at radius 1 is 1.26 bits per heavy atom. The van der Waals surface area contributed by atoms with E-state index in [2.05, 4.69) is 0 Å². The maximum absolute atomic E-state index is 13.3. The molecule has 0 spiro atoms. The number of non-ortho nitro benzene ring substituents is 1. The summed E-state index contributed by atoms with van der Waals surface area (Å²) in [5, 5.41) is 11.2. The second-order valence-corrected chi connectivity index (χ2v) is 4.84. The summed E-state index contributed by atoms with van der Waals surface area (Å²) in [6, 6.07) is 9.15. The first-order valence-corrected chi connectivity index (χ1v) is 6.61. The van der Waals surface area contributed by atoms with E-state index in [-0.39, 0.29) is 17.2 Å². The van der Waals surface area contributed by atoms with Crippen LogP contribution in [0.5, 0.6) is 5.75 Å². The molecule has 0 aliphatic heterocycles. The molecule has 0 aliphatic rings. The fraction of sp³-hybridized carbons (Fsp3) is 0.0625. The van der Waals surface area contributed by atoms with Crippen molar-refractivity contribution in [1.82, 2.24) is 0 Å². The van der Waals surface area contributed by atoms with Crippen LogP contribution in [-0.2, 0) is 0 Å². The summed E-state index contributed by atoms with van der Waals surface area (Å²) in [5.41, 5.74) is 0.600. The summed E-state index contributed by atoms with van der Waals surface area (Å²) in [4.78, 5) is 22.3. The number of fused-ring (bicyclic) bond motifs is 1. The smallest absolute Gasteiger partial charge is 0.379 e. The van der Waals surface area contributed by atoms with Crippen LogP contribution in [0.2, 0.25) is 0 Å². The van der Waals surface area contributed by atoms with E-state index >= 15 is 0 Å². The second kappa shape index (κ2) is 5.53. The monoisotopic (exact) mass is 315 g/mol. The van der Waals surface area contributed by atoms with Gasteiger partial charge in [0.1, 0.15) is 17.1 Å². The first-order valence-electron chi connectivity index (χ1n) is 6.61. The van der Waals surface area contributed by atoms with Gasteiger partial charge in [-0.2, -0.15) is 0 Å². The van der Waals surface area contributed by atoms with Gasteiger partial charge in [0.15, 0.2) is 0 Å². The molecule has 7 heteroatoms. The molecule has 0 saturated carbocycles. The highest BCUT2D eigenvalue weighted by atomic mass is 19.1. The van der Waals surface area contributed by atoms with Crippen LogP contribution in [0, 0.1) is 22.9 Å². The third-order valence-corrected chi connectivity index (χ3v) is 3.32. The number of rotatable bonds is 3. The number of aryl methyl sites for hydroxylation is 1. The molecule has 0 amide bonds. The van der Waals surface area contributed by atoms with Gasteiger partial charge in [0.05, 0.1) is 11.0 Å². The number of furan rings is 1. The fourth-order valence-electron chi connectivity index (χ4n) is 2.20. The van der Waals surface area contributed by atoms with E-state index in [1.165, 1.54) is 36.4 Å². The molecule has 6 nitrogen and oxygen atoms in total. The molecule has 0 N–H and O–H groups in total. The first-order chi connectivity index (χ1) is 11.0. The zero-order chi connectivity index (χ0) is 16.6. The van der Waals surface area contributed by atoms with Gasteiger partial charge in [-0.15, -0.1) is 0 Å². The number of halogens is 1. The van der Waals surface area contributed by atoms with Gasteiger partial charge in [0.2, 0.25) is 5.76 Å². The number of carbonyl (C=O) groups excluding carboxylic acids is 1. The van der Waals surface area contributed by atoms with Crippen molar-refractivity contribution < 1.29 is 23.3 Å². The zero-order valence-electron chi connectivity index (χ0n) is 11.9. The average molecular weight is 315 g/mol. The van der Waals surface area contributed by atoms with Crippen molar-refractivity contribution in [3.05, 3.63) is 69.7 Å². The Kier molecular flexibility index (Phi) is 3.53. The molecule has 0 saturated heterocycles. The molecule has 23 heavy (non-hydrogen) atoms. The molecule has 0 unspecified atom stereocenters. The zero-order valence-corrected chi connectivity index (χ0v) is 11.9. The van der Waals surface area contributed by atoms with Gasteiger partial charge in [0.25, 0.3) is 5.69 Å². The largest absolute Gasteiger partial charge is 0.449 e. The van der Waals surface area contributed by atoms with E-state index in [0.29, 0.717) is 16.5 Å². The quantitative estimate of drug-likeness (QED) is 0.316. The van der Waals surface area contributed by atoms with Crippen molar-refractivity contribution >= 4 is 22.6 Å². The first kappa shape index (κ1) is 14.7. The van der Waals surface area contributed by atoms with Crippen LogP contribution < -0.4 is 4.74 Å². The molecule has 3 aromatic rings. The van der Waals surface area contributed by atoms with E-state index in [1.807, 2.05) is 0 Å². The van der Waals surface area contributed by atoms with Crippen molar-refractivity contribution in [1.29, 1.82) is 0 Å². The standard InChI is InChI=1S/C16H10FNO5/c1-9-13-7-10(17)5-6-14(13)23-15(9)16(19)22-12-4-2-3-11(8-12)18(20)21/h2-8H,1H3. The molecule has 0 aliphatic carbocycles. The van der Waals surface area contributed by atoms with Crippen molar-refractivity contribution in [3.8, 4) is 5.75 Å². The summed E-state index contributed by atoms with van der Waals surface area (Å²) < 4.78 is 23.8. The summed E-state index contributed by atoms with van der Waals surface area (Å²) >= 11 is 0. The van der Waals surface area contributed by atoms with Gasteiger partial charge in [-0.1, -0.05) is 6.07 Å². The number of nitro groups is 1. The predicted molar refractivity (Wildman–Crippen MR) is 79.0 cm³/mol. The van der Waals surface area contributed by atoms with Gasteiger partial charge >= 0.3 is 5.97 Å². The van der Waals surface area contributed by atoms with Gasteiger partial charge in [0, 0.05) is 17.0 Å². The van der Waals surface area contributed by atoms with E-state index in [0.717, 1.165) is 6.07 Å². The lowest BCUT2D eigenvalue weighted by molar-refractivity contribution is -0.384. The second-order valence-electron chi connectivity index (χ2n) is 4.84. The molecule has 0 radical (unpaired) electrons. The number of hydrogen-bond acceptors (Lipinski definition) is 5. The summed E-state index contributed by atoms with van der Waals surface area (Å²) in [6.45, 7) is 1.61. The van der Waals surface area contributed by atoms with E-state index in [4.69, 9.17) is 9.15 Å². The predicted octanol–water partition coefficient (Wildman–Crippen LogP) is 4.01. The normalized spacial score (nSPS) is 10.7. The number of esters is 1. The SMILES string of the molecule is Cc1c(C(=O)Oc2cccc([N+](=O)[O-])c2)oc2ccc(F)cc12. The van der Waals surface area contributed by atoms with Gasteiger partial charge in [-0.25, -0.2) is 9.18 Å². The molecular formula is C16H10FNO5. The maximum atomic E-state index is 13.3. The maximum Gasteiger partial charge on any atom is 0.379 e. The molecule has 116 valence electrons.